The van der Waals surface area contributed by atoms with Crippen LogP contribution in [0.1, 0.15) is 12.8 Å². The first-order valence-corrected chi connectivity index (χ1v) is 9.08. The summed E-state index contributed by atoms with van der Waals surface area (Å²) in [5.74, 6) is 0.403. The molecule has 1 N–H and O–H groups in total. The number of thioether (sulfide) groups is 1. The van der Waals surface area contributed by atoms with Gasteiger partial charge in [0, 0.05) is 24.0 Å². The van der Waals surface area contributed by atoms with Crippen molar-refractivity contribution in [2.45, 2.75) is 29.9 Å². The smallest absolute Gasteiger partial charge is 0.230 e. The van der Waals surface area contributed by atoms with Gasteiger partial charge in [-0.15, -0.1) is 11.8 Å². The fourth-order valence-corrected chi connectivity index (χ4v) is 4.06. The zero-order valence-electron chi connectivity index (χ0n) is 12.5. The van der Waals surface area contributed by atoms with E-state index in [1.54, 1.807) is 0 Å². The molecule has 2 aliphatic heterocycles. The van der Waals surface area contributed by atoms with E-state index in [4.69, 9.17) is 16.3 Å². The summed E-state index contributed by atoms with van der Waals surface area (Å²) in [6.45, 7) is 3.49. The molecule has 3 rings (SSSR count). The number of hydrogen-bond donors (Lipinski definition) is 1. The van der Waals surface area contributed by atoms with Crippen LogP contribution in [0, 0.1) is 0 Å². The fourth-order valence-electron chi connectivity index (χ4n) is 2.99. The van der Waals surface area contributed by atoms with Gasteiger partial charge < -0.3 is 10.1 Å². The first kappa shape index (κ1) is 16.1. The summed E-state index contributed by atoms with van der Waals surface area (Å²) in [5.41, 5.74) is 0. The molecule has 2 aliphatic rings. The van der Waals surface area contributed by atoms with E-state index in [-0.39, 0.29) is 12.0 Å². The van der Waals surface area contributed by atoms with E-state index < -0.39 is 0 Å². The van der Waals surface area contributed by atoms with Gasteiger partial charge in [-0.3, -0.25) is 9.69 Å². The lowest BCUT2D eigenvalue weighted by molar-refractivity contribution is -0.120. The molecule has 22 heavy (non-hydrogen) atoms. The Kier molecular flexibility index (Phi) is 5.63. The highest BCUT2D eigenvalue weighted by Crippen LogP contribution is 2.26. The first-order chi connectivity index (χ1) is 10.7. The Balaban J connectivity index is 1.38. The molecule has 4 nitrogen and oxygen atoms in total. The SMILES string of the molecule is O=C(CSc1ccccc1Cl)NC[C@H]1CN2CCC[C@H]2CO1. The van der Waals surface area contributed by atoms with Crippen LogP contribution in [-0.2, 0) is 9.53 Å². The minimum Gasteiger partial charge on any atom is -0.373 e. The molecular weight excluding hydrogens is 320 g/mol. The van der Waals surface area contributed by atoms with Crippen LogP contribution in [0.2, 0.25) is 5.02 Å². The Hall–Kier alpha value is -0.750. The van der Waals surface area contributed by atoms with Gasteiger partial charge in [-0.25, -0.2) is 0 Å². The largest absolute Gasteiger partial charge is 0.373 e. The van der Waals surface area contributed by atoms with Gasteiger partial charge in [0.2, 0.25) is 5.91 Å². The van der Waals surface area contributed by atoms with Gasteiger partial charge in [-0.1, -0.05) is 23.7 Å². The number of carbonyl (C=O) groups excluding carboxylic acids is 1. The van der Waals surface area contributed by atoms with Crippen molar-refractivity contribution in [3.63, 3.8) is 0 Å². The number of benzene rings is 1. The number of amides is 1. The molecule has 2 saturated heterocycles. The van der Waals surface area contributed by atoms with Gasteiger partial charge in [0.05, 0.1) is 23.5 Å². The summed E-state index contributed by atoms with van der Waals surface area (Å²) in [7, 11) is 0. The third kappa shape index (κ3) is 4.16. The van der Waals surface area contributed by atoms with Crippen LogP contribution in [-0.4, -0.2) is 54.9 Å². The third-order valence-corrected chi connectivity index (χ3v) is 5.70. The Morgan fingerprint density at radius 3 is 3.18 bits per heavy atom. The molecule has 0 spiro atoms. The second kappa shape index (κ2) is 7.68. The maximum atomic E-state index is 12.0. The van der Waals surface area contributed by atoms with Gasteiger partial charge in [0.1, 0.15) is 0 Å². The maximum absolute atomic E-state index is 12.0. The molecule has 0 unspecified atom stereocenters. The topological polar surface area (TPSA) is 41.6 Å². The van der Waals surface area contributed by atoms with Crippen LogP contribution >= 0.6 is 23.4 Å². The summed E-state index contributed by atoms with van der Waals surface area (Å²) < 4.78 is 5.84. The van der Waals surface area contributed by atoms with Gasteiger partial charge in [0.25, 0.3) is 0 Å². The van der Waals surface area contributed by atoms with Crippen molar-refractivity contribution >= 4 is 29.3 Å². The summed E-state index contributed by atoms with van der Waals surface area (Å²) >= 11 is 7.54. The van der Waals surface area contributed by atoms with Crippen LogP contribution in [0.5, 0.6) is 0 Å². The molecule has 2 atom stereocenters. The number of nitrogens with zero attached hydrogens (tertiary/aromatic N) is 1. The number of carbonyl (C=O) groups is 1. The lowest BCUT2D eigenvalue weighted by atomic mass is 10.2. The van der Waals surface area contributed by atoms with Crippen molar-refractivity contribution in [2.24, 2.45) is 0 Å². The molecule has 0 saturated carbocycles. The third-order valence-electron chi connectivity index (χ3n) is 4.18. The van der Waals surface area contributed by atoms with Crippen LogP contribution in [0.3, 0.4) is 0 Å². The second-order valence-corrected chi connectivity index (χ2v) is 7.19. The molecule has 0 radical (unpaired) electrons. The highest BCUT2D eigenvalue weighted by molar-refractivity contribution is 8.00. The average molecular weight is 341 g/mol. The lowest BCUT2D eigenvalue weighted by Gasteiger charge is -2.35. The summed E-state index contributed by atoms with van der Waals surface area (Å²) in [5, 5.41) is 3.66. The molecule has 0 aliphatic carbocycles. The number of halogens is 1. The Bertz CT molecular complexity index is 529. The second-order valence-electron chi connectivity index (χ2n) is 5.77. The predicted molar refractivity (Wildman–Crippen MR) is 89.5 cm³/mol. The molecule has 0 bridgehead atoms. The zero-order valence-corrected chi connectivity index (χ0v) is 14.0. The van der Waals surface area contributed by atoms with Gasteiger partial charge >= 0.3 is 0 Å². The quantitative estimate of drug-likeness (QED) is 0.836. The van der Waals surface area contributed by atoms with Crippen molar-refractivity contribution in [1.82, 2.24) is 10.2 Å². The summed E-state index contributed by atoms with van der Waals surface area (Å²) in [4.78, 5) is 15.4. The molecule has 0 aromatic heterocycles. The number of morpholine rings is 1. The first-order valence-electron chi connectivity index (χ1n) is 7.72. The van der Waals surface area contributed by atoms with Gasteiger partial charge in [0.15, 0.2) is 0 Å². The van der Waals surface area contributed by atoms with Crippen molar-refractivity contribution in [3.8, 4) is 0 Å². The highest BCUT2D eigenvalue weighted by atomic mass is 35.5. The number of hydrogen-bond acceptors (Lipinski definition) is 4. The standard InChI is InChI=1S/C16H21ClN2O2S/c17-14-5-1-2-6-15(14)22-11-16(20)18-8-13-9-19-7-3-4-12(19)10-21-13/h1-2,5-6,12-13H,3-4,7-11H2,(H,18,20)/t12-,13-/m0/s1. The highest BCUT2D eigenvalue weighted by Gasteiger charge is 2.32. The number of nitrogens with one attached hydrogen (secondary N) is 1. The van der Waals surface area contributed by atoms with E-state index >= 15 is 0 Å². The fraction of sp³-hybridized carbons (Fsp3) is 0.562. The predicted octanol–water partition coefficient (Wildman–Crippen LogP) is 2.41. The van der Waals surface area contributed by atoms with E-state index in [0.29, 0.717) is 23.4 Å². The average Bonchev–Trinajstić information content (AvgIpc) is 2.99. The molecular formula is C16H21ClN2O2S. The molecule has 1 aromatic rings. The van der Waals surface area contributed by atoms with Crippen molar-refractivity contribution in [3.05, 3.63) is 29.3 Å². The molecule has 1 aromatic carbocycles. The van der Waals surface area contributed by atoms with Gasteiger partial charge in [-0.05, 0) is 31.5 Å². The number of ether oxygens (including phenoxy) is 1. The van der Waals surface area contributed by atoms with E-state index in [2.05, 4.69) is 10.2 Å². The molecule has 2 heterocycles. The summed E-state index contributed by atoms with van der Waals surface area (Å²) in [6.07, 6.45) is 2.62. The van der Waals surface area contributed by atoms with Crippen molar-refractivity contribution < 1.29 is 9.53 Å². The molecule has 6 heteroatoms. The van der Waals surface area contributed by atoms with Gasteiger partial charge in [-0.2, -0.15) is 0 Å². The Morgan fingerprint density at radius 2 is 2.32 bits per heavy atom. The van der Waals surface area contributed by atoms with Crippen LogP contribution in [0.4, 0.5) is 0 Å². The lowest BCUT2D eigenvalue weighted by Crippen LogP contribution is -2.50. The summed E-state index contributed by atoms with van der Waals surface area (Å²) in [6, 6.07) is 8.18. The molecule has 120 valence electrons. The van der Waals surface area contributed by atoms with Crippen molar-refractivity contribution in [1.29, 1.82) is 0 Å². The minimum atomic E-state index is 0.0251. The monoisotopic (exact) mass is 340 g/mol. The van der Waals surface area contributed by atoms with E-state index in [1.165, 1.54) is 31.1 Å². The molecule has 2 fully saturated rings. The van der Waals surface area contributed by atoms with Crippen LogP contribution in [0.15, 0.2) is 29.2 Å². The van der Waals surface area contributed by atoms with E-state index in [1.807, 2.05) is 24.3 Å². The Labute approximate surface area is 140 Å². The Morgan fingerprint density at radius 1 is 1.45 bits per heavy atom. The van der Waals surface area contributed by atoms with E-state index in [9.17, 15) is 4.79 Å². The minimum absolute atomic E-state index is 0.0251. The van der Waals surface area contributed by atoms with E-state index in [0.717, 1.165) is 18.0 Å². The van der Waals surface area contributed by atoms with Crippen LogP contribution < -0.4 is 5.32 Å². The van der Waals surface area contributed by atoms with Crippen molar-refractivity contribution in [2.75, 3.05) is 32.0 Å². The maximum Gasteiger partial charge on any atom is 0.230 e. The van der Waals surface area contributed by atoms with Crippen LogP contribution in [0.25, 0.3) is 0 Å². The molecule has 1 amide bonds. The normalized spacial score (nSPS) is 25.0. The number of rotatable bonds is 5. The zero-order chi connectivity index (χ0) is 15.4. The number of fused-ring (bicyclic) bond motifs is 1.